The molecule has 0 bridgehead atoms. The number of alkyl halides is 2. The van der Waals surface area contributed by atoms with Gasteiger partial charge in [-0.05, 0) is 12.5 Å². The second-order valence-electron chi connectivity index (χ2n) is 5.43. The average molecular weight is 298 g/mol. The lowest BCUT2D eigenvalue weighted by atomic mass is 9.98. The zero-order valence-corrected chi connectivity index (χ0v) is 12.1. The van der Waals surface area contributed by atoms with Crippen molar-refractivity contribution in [3.05, 3.63) is 23.8 Å². The second-order valence-corrected chi connectivity index (χ2v) is 5.43. The van der Waals surface area contributed by atoms with Crippen LogP contribution in [0.25, 0.3) is 0 Å². The molecule has 4 nitrogen and oxygen atoms in total. The average Bonchev–Trinajstić information content (AvgIpc) is 2.79. The van der Waals surface area contributed by atoms with Crippen molar-refractivity contribution in [3.63, 3.8) is 0 Å². The summed E-state index contributed by atoms with van der Waals surface area (Å²) in [6.45, 7) is 5.76. The Labute approximate surface area is 123 Å². The number of piperazine rings is 1. The van der Waals surface area contributed by atoms with Crippen LogP contribution in [0.3, 0.4) is 0 Å². The molecule has 6 heteroatoms. The minimum atomic E-state index is -3.56. The molecule has 0 saturated carbocycles. The van der Waals surface area contributed by atoms with Gasteiger partial charge < -0.3 is 14.8 Å². The fraction of sp³-hybridized carbons (Fsp3) is 0.600. The minimum absolute atomic E-state index is 0.0875. The molecule has 2 heterocycles. The van der Waals surface area contributed by atoms with Crippen molar-refractivity contribution in [3.8, 4) is 11.5 Å². The number of rotatable bonds is 4. The fourth-order valence-electron chi connectivity index (χ4n) is 3.05. The monoisotopic (exact) mass is 298 g/mol. The largest absolute Gasteiger partial charge is 0.586 e. The molecule has 1 fully saturated rings. The van der Waals surface area contributed by atoms with E-state index in [1.54, 1.807) is 6.07 Å². The summed E-state index contributed by atoms with van der Waals surface area (Å²) in [4.78, 5) is 2.33. The quantitative estimate of drug-likeness (QED) is 0.927. The maximum atomic E-state index is 13.3. The van der Waals surface area contributed by atoms with Gasteiger partial charge in [0, 0.05) is 37.8 Å². The molecule has 116 valence electrons. The molecule has 1 atom stereocenters. The second kappa shape index (κ2) is 5.77. The third-order valence-electron chi connectivity index (χ3n) is 3.97. The molecule has 2 aliphatic rings. The van der Waals surface area contributed by atoms with Crippen molar-refractivity contribution < 1.29 is 18.3 Å². The number of fused-ring (bicyclic) bond motifs is 1. The molecule has 0 amide bonds. The lowest BCUT2D eigenvalue weighted by Crippen LogP contribution is -2.45. The first-order chi connectivity index (χ1) is 10.1. The standard InChI is InChI=1S/C15H20F2N2O2/c1-2-4-12(19-9-7-18-8-10-19)11-5-3-6-13-14(11)21-15(16,17)20-13/h3,5-6,12,18H,2,4,7-10H2,1H3/t12-/m1/s1. The van der Waals surface area contributed by atoms with Crippen molar-refractivity contribution in [2.24, 2.45) is 0 Å². The van der Waals surface area contributed by atoms with Gasteiger partial charge in [-0.2, -0.15) is 0 Å². The van der Waals surface area contributed by atoms with E-state index in [1.807, 2.05) is 6.07 Å². The highest BCUT2D eigenvalue weighted by atomic mass is 19.3. The molecule has 0 aromatic heterocycles. The Morgan fingerprint density at radius 2 is 2.05 bits per heavy atom. The molecular formula is C15H20F2N2O2. The number of nitrogens with one attached hydrogen (secondary N) is 1. The fourth-order valence-corrected chi connectivity index (χ4v) is 3.05. The molecule has 1 saturated heterocycles. The van der Waals surface area contributed by atoms with Crippen LogP contribution in [0, 0.1) is 0 Å². The molecule has 21 heavy (non-hydrogen) atoms. The first-order valence-electron chi connectivity index (χ1n) is 7.44. The van der Waals surface area contributed by atoms with E-state index in [2.05, 4.69) is 21.9 Å². The van der Waals surface area contributed by atoms with Crippen LogP contribution in [0.15, 0.2) is 18.2 Å². The predicted octanol–water partition coefficient (Wildman–Crippen LogP) is 2.75. The lowest BCUT2D eigenvalue weighted by molar-refractivity contribution is -0.287. The summed E-state index contributed by atoms with van der Waals surface area (Å²) in [5.74, 6) is 0.327. The van der Waals surface area contributed by atoms with Gasteiger partial charge in [0.05, 0.1) is 0 Å². The van der Waals surface area contributed by atoms with Crippen LogP contribution in [0.2, 0.25) is 0 Å². The maximum absolute atomic E-state index is 13.3. The Bertz CT molecular complexity index is 504. The minimum Gasteiger partial charge on any atom is -0.395 e. The van der Waals surface area contributed by atoms with Crippen molar-refractivity contribution in [2.75, 3.05) is 26.2 Å². The number of ether oxygens (including phenoxy) is 2. The van der Waals surface area contributed by atoms with Crippen molar-refractivity contribution >= 4 is 0 Å². The molecule has 0 unspecified atom stereocenters. The smallest absolute Gasteiger partial charge is 0.395 e. The summed E-state index contributed by atoms with van der Waals surface area (Å²) >= 11 is 0. The van der Waals surface area contributed by atoms with Crippen LogP contribution in [-0.2, 0) is 0 Å². The van der Waals surface area contributed by atoms with E-state index < -0.39 is 6.29 Å². The van der Waals surface area contributed by atoms with Gasteiger partial charge in [-0.1, -0.05) is 25.5 Å². The van der Waals surface area contributed by atoms with Gasteiger partial charge in [0.1, 0.15) is 0 Å². The van der Waals surface area contributed by atoms with Crippen LogP contribution >= 0.6 is 0 Å². The van der Waals surface area contributed by atoms with Gasteiger partial charge in [0.2, 0.25) is 0 Å². The molecule has 2 aliphatic heterocycles. The Morgan fingerprint density at radius 1 is 1.29 bits per heavy atom. The van der Waals surface area contributed by atoms with Crippen LogP contribution in [0.5, 0.6) is 11.5 Å². The number of nitrogens with zero attached hydrogens (tertiary/aromatic N) is 1. The first-order valence-corrected chi connectivity index (χ1v) is 7.44. The van der Waals surface area contributed by atoms with Crippen molar-refractivity contribution in [1.82, 2.24) is 10.2 Å². The van der Waals surface area contributed by atoms with Gasteiger partial charge in [-0.15, -0.1) is 8.78 Å². The molecular weight excluding hydrogens is 278 g/mol. The Hall–Kier alpha value is -1.40. The molecule has 0 aliphatic carbocycles. The van der Waals surface area contributed by atoms with Gasteiger partial charge in [0.15, 0.2) is 11.5 Å². The van der Waals surface area contributed by atoms with E-state index in [4.69, 9.17) is 4.74 Å². The third kappa shape index (κ3) is 2.96. The van der Waals surface area contributed by atoms with Crippen LogP contribution < -0.4 is 14.8 Å². The van der Waals surface area contributed by atoms with E-state index in [0.29, 0.717) is 0 Å². The van der Waals surface area contributed by atoms with Crippen molar-refractivity contribution in [2.45, 2.75) is 32.1 Å². The van der Waals surface area contributed by atoms with E-state index in [1.165, 1.54) is 6.07 Å². The number of hydrogen-bond donors (Lipinski definition) is 1. The lowest BCUT2D eigenvalue weighted by Gasteiger charge is -2.35. The summed E-state index contributed by atoms with van der Waals surface area (Å²) < 4.78 is 36.0. The summed E-state index contributed by atoms with van der Waals surface area (Å²) in [5.41, 5.74) is 0.799. The molecule has 1 N–H and O–H groups in total. The highest BCUT2D eigenvalue weighted by Crippen LogP contribution is 2.46. The zero-order chi connectivity index (χ0) is 14.9. The first kappa shape index (κ1) is 14.5. The Morgan fingerprint density at radius 3 is 2.76 bits per heavy atom. The number of para-hydroxylation sites is 1. The van der Waals surface area contributed by atoms with Gasteiger partial charge in [-0.25, -0.2) is 0 Å². The molecule has 0 radical (unpaired) electrons. The van der Waals surface area contributed by atoms with Crippen LogP contribution in [0.1, 0.15) is 31.4 Å². The topological polar surface area (TPSA) is 33.7 Å². The van der Waals surface area contributed by atoms with Gasteiger partial charge in [-0.3, -0.25) is 4.90 Å². The van der Waals surface area contributed by atoms with Crippen molar-refractivity contribution in [1.29, 1.82) is 0 Å². The number of hydrogen-bond acceptors (Lipinski definition) is 4. The van der Waals surface area contributed by atoms with E-state index in [-0.39, 0.29) is 17.5 Å². The van der Waals surface area contributed by atoms with Crippen LogP contribution in [-0.4, -0.2) is 37.4 Å². The molecule has 1 aromatic carbocycles. The molecule has 3 rings (SSSR count). The predicted molar refractivity (Wildman–Crippen MR) is 74.7 cm³/mol. The molecule has 0 spiro atoms. The van der Waals surface area contributed by atoms with Crippen LogP contribution in [0.4, 0.5) is 8.78 Å². The maximum Gasteiger partial charge on any atom is 0.586 e. The number of halogens is 2. The Kier molecular flexibility index (Phi) is 3.99. The third-order valence-corrected chi connectivity index (χ3v) is 3.97. The summed E-state index contributed by atoms with van der Waals surface area (Å²) in [6.07, 6.45) is -1.67. The summed E-state index contributed by atoms with van der Waals surface area (Å²) in [7, 11) is 0. The number of benzene rings is 1. The molecule has 1 aromatic rings. The van der Waals surface area contributed by atoms with Gasteiger partial charge >= 0.3 is 6.29 Å². The van der Waals surface area contributed by atoms with E-state index >= 15 is 0 Å². The van der Waals surface area contributed by atoms with Gasteiger partial charge in [0.25, 0.3) is 0 Å². The normalized spacial score (nSPS) is 22.2. The van der Waals surface area contributed by atoms with E-state index in [9.17, 15) is 8.78 Å². The summed E-state index contributed by atoms with van der Waals surface area (Å²) in [5, 5.41) is 3.31. The SMILES string of the molecule is CCC[C@H](c1cccc2c1OC(F)(F)O2)N1CCNCC1. The zero-order valence-electron chi connectivity index (χ0n) is 12.1. The summed E-state index contributed by atoms with van der Waals surface area (Å²) in [6, 6.07) is 5.24. The Balaban J connectivity index is 1.92. The van der Waals surface area contributed by atoms with E-state index in [0.717, 1.165) is 44.6 Å². The highest BCUT2D eigenvalue weighted by molar-refractivity contribution is 5.50. The highest BCUT2D eigenvalue weighted by Gasteiger charge is 2.45.